The van der Waals surface area contributed by atoms with E-state index in [1.54, 1.807) is 29.2 Å². The molecule has 0 aliphatic carbocycles. The number of hydrogen-bond acceptors (Lipinski definition) is 5. The number of carbonyl (C=O) groups excluding carboxylic acids is 1. The van der Waals surface area contributed by atoms with Crippen molar-refractivity contribution in [1.29, 1.82) is 0 Å². The standard InChI is InChI=1S/C21H20ClN3O3/c1-2-27-19-10-3-16(4-11-19)5-12-21(26)28-20(13-25-15-23-14-24-25)17-6-8-18(22)9-7-17/h3-12,14-15,20H,2,13H2,1H3/b12-5+. The van der Waals surface area contributed by atoms with Crippen LogP contribution in [0.4, 0.5) is 0 Å². The lowest BCUT2D eigenvalue weighted by atomic mass is 10.1. The third kappa shape index (κ3) is 5.69. The molecule has 7 heteroatoms. The largest absolute Gasteiger partial charge is 0.494 e. The van der Waals surface area contributed by atoms with E-state index in [-0.39, 0.29) is 0 Å². The lowest BCUT2D eigenvalue weighted by Gasteiger charge is -2.17. The van der Waals surface area contributed by atoms with E-state index >= 15 is 0 Å². The predicted octanol–water partition coefficient (Wildman–Crippen LogP) is 4.33. The van der Waals surface area contributed by atoms with Crippen molar-refractivity contribution in [3.63, 3.8) is 0 Å². The molecular formula is C21H20ClN3O3. The van der Waals surface area contributed by atoms with Crippen LogP contribution in [0.25, 0.3) is 6.08 Å². The Morgan fingerprint density at radius 2 is 1.93 bits per heavy atom. The van der Waals surface area contributed by atoms with Gasteiger partial charge in [-0.1, -0.05) is 35.9 Å². The molecule has 0 aliphatic heterocycles. The maximum atomic E-state index is 12.4. The van der Waals surface area contributed by atoms with Crippen molar-refractivity contribution in [1.82, 2.24) is 14.8 Å². The van der Waals surface area contributed by atoms with Gasteiger partial charge in [0.2, 0.25) is 0 Å². The van der Waals surface area contributed by atoms with E-state index in [0.717, 1.165) is 16.9 Å². The van der Waals surface area contributed by atoms with Crippen LogP contribution in [-0.2, 0) is 16.1 Å². The first-order valence-electron chi connectivity index (χ1n) is 8.83. The Kier molecular flexibility index (Phi) is 6.81. The van der Waals surface area contributed by atoms with Gasteiger partial charge in [-0.15, -0.1) is 0 Å². The number of rotatable bonds is 8. The lowest BCUT2D eigenvalue weighted by molar-refractivity contribution is -0.144. The molecular weight excluding hydrogens is 378 g/mol. The summed E-state index contributed by atoms with van der Waals surface area (Å²) in [5.41, 5.74) is 1.70. The van der Waals surface area contributed by atoms with Crippen LogP contribution in [0.15, 0.2) is 67.3 Å². The molecule has 1 unspecified atom stereocenters. The van der Waals surface area contributed by atoms with Gasteiger partial charge in [-0.2, -0.15) is 5.10 Å². The second-order valence-corrected chi connectivity index (χ2v) is 6.37. The fraction of sp³-hybridized carbons (Fsp3) is 0.190. The number of aromatic nitrogens is 3. The molecule has 1 atom stereocenters. The zero-order valence-electron chi connectivity index (χ0n) is 15.4. The highest BCUT2D eigenvalue weighted by molar-refractivity contribution is 6.30. The second-order valence-electron chi connectivity index (χ2n) is 5.93. The van der Waals surface area contributed by atoms with Crippen LogP contribution < -0.4 is 4.74 Å². The van der Waals surface area contributed by atoms with Gasteiger partial charge in [0.25, 0.3) is 0 Å². The van der Waals surface area contributed by atoms with Crippen LogP contribution in [0.1, 0.15) is 24.2 Å². The Balaban J connectivity index is 1.68. The molecule has 28 heavy (non-hydrogen) atoms. The Morgan fingerprint density at radius 1 is 1.18 bits per heavy atom. The Hall–Kier alpha value is -3.12. The minimum Gasteiger partial charge on any atom is -0.494 e. The third-order valence-corrected chi connectivity index (χ3v) is 4.17. The summed E-state index contributed by atoms with van der Waals surface area (Å²) in [6.07, 6.45) is 5.60. The number of benzene rings is 2. The summed E-state index contributed by atoms with van der Waals surface area (Å²) >= 11 is 5.96. The average Bonchev–Trinajstić information content (AvgIpc) is 3.21. The molecule has 0 saturated carbocycles. The molecule has 0 spiro atoms. The van der Waals surface area contributed by atoms with Gasteiger partial charge < -0.3 is 9.47 Å². The van der Waals surface area contributed by atoms with Crippen LogP contribution in [0.2, 0.25) is 5.02 Å². The Bertz CT molecular complexity index is 907. The van der Waals surface area contributed by atoms with Crippen molar-refractivity contribution >= 4 is 23.6 Å². The monoisotopic (exact) mass is 397 g/mol. The van der Waals surface area contributed by atoms with Crippen LogP contribution >= 0.6 is 11.6 Å². The highest BCUT2D eigenvalue weighted by Crippen LogP contribution is 2.22. The minimum absolute atomic E-state index is 0.351. The van der Waals surface area contributed by atoms with Crippen LogP contribution in [0, 0.1) is 0 Å². The maximum Gasteiger partial charge on any atom is 0.331 e. The van der Waals surface area contributed by atoms with Crippen molar-refractivity contribution in [3.8, 4) is 5.75 Å². The van der Waals surface area contributed by atoms with Gasteiger partial charge >= 0.3 is 5.97 Å². The van der Waals surface area contributed by atoms with Crippen LogP contribution in [0.5, 0.6) is 5.75 Å². The lowest BCUT2D eigenvalue weighted by Crippen LogP contribution is -2.16. The Labute approximate surface area is 168 Å². The molecule has 144 valence electrons. The fourth-order valence-electron chi connectivity index (χ4n) is 2.57. The summed E-state index contributed by atoms with van der Waals surface area (Å²) in [5, 5.41) is 4.70. The van der Waals surface area contributed by atoms with Crippen LogP contribution in [0.3, 0.4) is 0 Å². The fourth-order valence-corrected chi connectivity index (χ4v) is 2.70. The molecule has 0 N–H and O–H groups in total. The number of carbonyl (C=O) groups is 1. The molecule has 6 nitrogen and oxygen atoms in total. The summed E-state index contributed by atoms with van der Waals surface area (Å²) in [6.45, 7) is 2.89. The zero-order chi connectivity index (χ0) is 19.8. The first kappa shape index (κ1) is 19.6. The van der Waals surface area contributed by atoms with E-state index in [1.807, 2.05) is 43.3 Å². The SMILES string of the molecule is CCOc1ccc(/C=C/C(=O)OC(Cn2cncn2)c2ccc(Cl)cc2)cc1. The number of nitrogens with zero attached hydrogens (tertiary/aromatic N) is 3. The summed E-state index contributed by atoms with van der Waals surface area (Å²) in [5.74, 6) is 0.340. The smallest absolute Gasteiger partial charge is 0.331 e. The second kappa shape index (κ2) is 9.71. The van der Waals surface area contributed by atoms with Gasteiger partial charge in [-0.25, -0.2) is 14.5 Å². The topological polar surface area (TPSA) is 66.2 Å². The number of ether oxygens (including phenoxy) is 2. The molecule has 0 radical (unpaired) electrons. The number of hydrogen-bond donors (Lipinski definition) is 0. The summed E-state index contributed by atoms with van der Waals surface area (Å²) in [6, 6.07) is 14.6. The van der Waals surface area contributed by atoms with E-state index in [4.69, 9.17) is 21.1 Å². The molecule has 0 amide bonds. The minimum atomic E-state index is -0.517. The average molecular weight is 398 g/mol. The summed E-state index contributed by atoms with van der Waals surface area (Å²) in [7, 11) is 0. The van der Waals surface area contributed by atoms with Gasteiger partial charge in [-0.05, 0) is 48.4 Å². The van der Waals surface area contributed by atoms with Crippen molar-refractivity contribution < 1.29 is 14.3 Å². The molecule has 0 aliphatic rings. The van der Waals surface area contributed by atoms with Gasteiger partial charge in [0.1, 0.15) is 24.5 Å². The third-order valence-electron chi connectivity index (χ3n) is 3.92. The van der Waals surface area contributed by atoms with E-state index in [0.29, 0.717) is 18.2 Å². The first-order valence-corrected chi connectivity index (χ1v) is 9.21. The van der Waals surface area contributed by atoms with Gasteiger partial charge in [-0.3, -0.25) is 0 Å². The van der Waals surface area contributed by atoms with Gasteiger partial charge in [0.15, 0.2) is 0 Å². The number of halogens is 1. The summed E-state index contributed by atoms with van der Waals surface area (Å²) in [4.78, 5) is 16.3. The van der Waals surface area contributed by atoms with E-state index in [2.05, 4.69) is 10.1 Å². The maximum absolute atomic E-state index is 12.4. The molecule has 0 bridgehead atoms. The van der Waals surface area contributed by atoms with Gasteiger partial charge in [0.05, 0.1) is 13.2 Å². The van der Waals surface area contributed by atoms with E-state index in [1.165, 1.54) is 12.4 Å². The molecule has 2 aromatic carbocycles. The predicted molar refractivity (Wildman–Crippen MR) is 107 cm³/mol. The molecule has 0 saturated heterocycles. The van der Waals surface area contributed by atoms with E-state index < -0.39 is 12.1 Å². The highest BCUT2D eigenvalue weighted by Gasteiger charge is 2.17. The molecule has 1 aromatic heterocycles. The van der Waals surface area contributed by atoms with Crippen molar-refractivity contribution in [2.45, 2.75) is 19.6 Å². The van der Waals surface area contributed by atoms with E-state index in [9.17, 15) is 4.79 Å². The Morgan fingerprint density at radius 3 is 2.57 bits per heavy atom. The summed E-state index contributed by atoms with van der Waals surface area (Å²) < 4.78 is 12.7. The van der Waals surface area contributed by atoms with Crippen molar-refractivity contribution in [3.05, 3.63) is 83.4 Å². The molecule has 3 rings (SSSR count). The quantitative estimate of drug-likeness (QED) is 0.418. The molecule has 1 heterocycles. The van der Waals surface area contributed by atoms with Crippen LogP contribution in [-0.4, -0.2) is 27.3 Å². The highest BCUT2D eigenvalue weighted by atomic mass is 35.5. The number of esters is 1. The van der Waals surface area contributed by atoms with Gasteiger partial charge in [0, 0.05) is 11.1 Å². The molecule has 0 fully saturated rings. The van der Waals surface area contributed by atoms with Crippen molar-refractivity contribution in [2.75, 3.05) is 6.61 Å². The normalized spacial score (nSPS) is 12.1. The zero-order valence-corrected chi connectivity index (χ0v) is 16.1. The van der Waals surface area contributed by atoms with Crippen molar-refractivity contribution in [2.24, 2.45) is 0 Å². The first-order chi connectivity index (χ1) is 13.6. The molecule has 3 aromatic rings.